The van der Waals surface area contributed by atoms with Gasteiger partial charge in [-0.2, -0.15) is 0 Å². The summed E-state index contributed by atoms with van der Waals surface area (Å²) in [5.41, 5.74) is 5.84. The molecule has 0 aliphatic heterocycles. The number of hydrogen-bond acceptors (Lipinski definition) is 7. The van der Waals surface area contributed by atoms with Gasteiger partial charge in [0.1, 0.15) is 6.04 Å². The Hall–Kier alpha value is -1.51. The molecule has 0 saturated heterocycles. The molecule has 20 heavy (non-hydrogen) atoms. The summed E-state index contributed by atoms with van der Waals surface area (Å²) in [5.74, 6) is -0.834. The summed E-state index contributed by atoms with van der Waals surface area (Å²) in [6, 6.07) is -0.784. The van der Waals surface area contributed by atoms with Crippen LogP contribution in [0.5, 0.6) is 0 Å². The molecule has 112 valence electrons. The van der Waals surface area contributed by atoms with E-state index in [9.17, 15) is 9.59 Å². The Morgan fingerprint density at radius 3 is 2.55 bits per heavy atom. The Kier molecular flexibility index (Phi) is 6.05. The van der Waals surface area contributed by atoms with Crippen LogP contribution in [0.4, 0.5) is 5.13 Å². The van der Waals surface area contributed by atoms with Crippen LogP contribution < -0.4 is 11.1 Å². The number of thiazole rings is 1. The summed E-state index contributed by atoms with van der Waals surface area (Å²) in [5, 5.41) is 2.90. The van der Waals surface area contributed by atoms with E-state index >= 15 is 0 Å². The van der Waals surface area contributed by atoms with Crippen LogP contribution in [-0.2, 0) is 14.3 Å². The number of carbonyl (C=O) groups excluding carboxylic acids is 2. The first-order valence-electron chi connectivity index (χ1n) is 6.05. The number of amides is 1. The fraction of sp³-hybridized carbons (Fsp3) is 0.583. The third-order valence-electron chi connectivity index (χ3n) is 2.47. The molecule has 0 bridgehead atoms. The van der Waals surface area contributed by atoms with Gasteiger partial charge < -0.3 is 20.5 Å². The highest BCUT2D eigenvalue weighted by atomic mass is 32.1. The van der Waals surface area contributed by atoms with Crippen molar-refractivity contribution in [1.82, 2.24) is 4.98 Å². The van der Waals surface area contributed by atoms with E-state index in [2.05, 4.69) is 15.0 Å². The van der Waals surface area contributed by atoms with Gasteiger partial charge >= 0.3 is 5.97 Å². The highest BCUT2D eigenvalue weighted by molar-refractivity contribution is 7.16. The number of methoxy groups -OCH3 is 2. The molecule has 0 radical (unpaired) electrons. The van der Waals surface area contributed by atoms with Gasteiger partial charge in [0, 0.05) is 12.0 Å². The predicted molar refractivity (Wildman–Crippen MR) is 76.0 cm³/mol. The Bertz CT molecular complexity index is 487. The first-order valence-corrected chi connectivity index (χ1v) is 6.86. The molecular weight excluding hydrogens is 282 g/mol. The quantitative estimate of drug-likeness (QED) is 0.759. The zero-order valence-corrected chi connectivity index (χ0v) is 12.7. The second-order valence-electron chi connectivity index (χ2n) is 4.43. The van der Waals surface area contributed by atoms with E-state index in [1.165, 1.54) is 25.6 Å². The van der Waals surface area contributed by atoms with Gasteiger partial charge in [-0.25, -0.2) is 9.78 Å². The van der Waals surface area contributed by atoms with Gasteiger partial charge in [-0.3, -0.25) is 4.79 Å². The van der Waals surface area contributed by atoms with Crippen LogP contribution in [0.1, 0.15) is 35.1 Å². The summed E-state index contributed by atoms with van der Waals surface area (Å²) in [6.45, 7) is 3.97. The van der Waals surface area contributed by atoms with Crippen molar-refractivity contribution in [2.24, 2.45) is 5.73 Å². The van der Waals surface area contributed by atoms with E-state index in [4.69, 9.17) is 10.5 Å². The molecule has 0 fully saturated rings. The minimum absolute atomic E-state index is 0.0971. The van der Waals surface area contributed by atoms with Gasteiger partial charge in [-0.15, -0.1) is 11.3 Å². The van der Waals surface area contributed by atoms with Crippen LogP contribution in [0.25, 0.3) is 0 Å². The fourth-order valence-corrected chi connectivity index (χ4v) is 2.43. The van der Waals surface area contributed by atoms with E-state index in [-0.39, 0.29) is 18.2 Å². The van der Waals surface area contributed by atoms with Crippen molar-refractivity contribution in [2.75, 3.05) is 26.1 Å². The smallest absolute Gasteiger partial charge is 0.357 e. The lowest BCUT2D eigenvalue weighted by molar-refractivity contribution is -0.118. The lowest BCUT2D eigenvalue weighted by Crippen LogP contribution is -2.39. The molecule has 7 nitrogen and oxygen atoms in total. The average Bonchev–Trinajstić information content (AvgIpc) is 2.82. The molecule has 1 atom stereocenters. The van der Waals surface area contributed by atoms with E-state index in [0.29, 0.717) is 5.13 Å². The number of nitrogens with zero attached hydrogens (tertiary/aromatic N) is 1. The van der Waals surface area contributed by atoms with Crippen molar-refractivity contribution in [3.63, 3.8) is 0 Å². The van der Waals surface area contributed by atoms with Gasteiger partial charge in [0.2, 0.25) is 5.91 Å². The zero-order valence-electron chi connectivity index (χ0n) is 11.9. The monoisotopic (exact) mass is 301 g/mol. The maximum Gasteiger partial charge on any atom is 0.357 e. The molecule has 3 N–H and O–H groups in total. The summed E-state index contributed by atoms with van der Waals surface area (Å²) in [7, 11) is 2.75. The number of nitrogens with one attached hydrogen (secondary N) is 1. The number of aromatic nitrogens is 1. The molecule has 1 aromatic rings. The largest absolute Gasteiger partial charge is 0.464 e. The van der Waals surface area contributed by atoms with E-state index in [1.807, 2.05) is 13.8 Å². The van der Waals surface area contributed by atoms with Crippen molar-refractivity contribution >= 4 is 28.3 Å². The zero-order chi connectivity index (χ0) is 15.3. The number of hydrogen-bond donors (Lipinski definition) is 2. The highest BCUT2D eigenvalue weighted by Gasteiger charge is 2.23. The predicted octanol–water partition coefficient (Wildman–Crippen LogP) is 0.965. The number of esters is 1. The standard InChI is InChI=1S/C12H19N3O4S/c1-6(2)9-8(11(17)19-4)14-12(20-9)15-10(16)7(13)5-18-3/h6-7H,5,13H2,1-4H3,(H,14,15,16)/t7-/m0/s1. The Morgan fingerprint density at radius 2 is 2.05 bits per heavy atom. The Labute approximate surface area is 121 Å². The maximum atomic E-state index is 11.8. The van der Waals surface area contributed by atoms with Crippen LogP contribution in [0.3, 0.4) is 0 Å². The number of rotatable bonds is 6. The lowest BCUT2D eigenvalue weighted by atomic mass is 10.1. The molecule has 1 rings (SSSR count). The fourth-order valence-electron chi connectivity index (χ4n) is 1.47. The molecule has 1 aromatic heterocycles. The minimum Gasteiger partial charge on any atom is -0.464 e. The van der Waals surface area contributed by atoms with Crippen LogP contribution >= 0.6 is 11.3 Å². The summed E-state index contributed by atoms with van der Waals surface area (Å²) < 4.78 is 9.49. The van der Waals surface area contributed by atoms with Crippen LogP contribution in [0.2, 0.25) is 0 Å². The Morgan fingerprint density at radius 1 is 1.40 bits per heavy atom. The molecular formula is C12H19N3O4S. The van der Waals surface area contributed by atoms with Gasteiger partial charge in [-0.05, 0) is 5.92 Å². The highest BCUT2D eigenvalue weighted by Crippen LogP contribution is 2.30. The first-order chi connectivity index (χ1) is 9.40. The molecule has 0 aliphatic rings. The van der Waals surface area contributed by atoms with Crippen molar-refractivity contribution in [2.45, 2.75) is 25.8 Å². The number of carbonyl (C=O) groups is 2. The SMILES string of the molecule is COC[C@H](N)C(=O)Nc1nc(C(=O)OC)c(C(C)C)s1. The molecule has 0 unspecified atom stereocenters. The van der Waals surface area contributed by atoms with Gasteiger partial charge in [0.15, 0.2) is 10.8 Å². The molecule has 0 aromatic carbocycles. The lowest BCUT2D eigenvalue weighted by Gasteiger charge is -2.08. The average molecular weight is 301 g/mol. The van der Waals surface area contributed by atoms with Crippen molar-refractivity contribution in [3.05, 3.63) is 10.6 Å². The van der Waals surface area contributed by atoms with Gasteiger partial charge in [0.25, 0.3) is 0 Å². The van der Waals surface area contributed by atoms with Gasteiger partial charge in [-0.1, -0.05) is 13.8 Å². The van der Waals surface area contributed by atoms with Crippen molar-refractivity contribution < 1.29 is 19.1 Å². The molecule has 0 aliphatic carbocycles. The van der Waals surface area contributed by atoms with E-state index in [0.717, 1.165) is 4.88 Å². The number of ether oxygens (including phenoxy) is 2. The molecule has 0 spiro atoms. The van der Waals surface area contributed by atoms with Crippen LogP contribution in [0, 0.1) is 0 Å². The van der Waals surface area contributed by atoms with E-state index < -0.39 is 17.9 Å². The number of anilines is 1. The normalized spacial score (nSPS) is 12.3. The van der Waals surface area contributed by atoms with Crippen LogP contribution in [-0.4, -0.2) is 43.7 Å². The maximum absolute atomic E-state index is 11.8. The molecule has 1 heterocycles. The number of nitrogens with two attached hydrogens (primary N) is 1. The third kappa shape index (κ3) is 3.99. The summed E-state index contributed by atoms with van der Waals surface area (Å²) >= 11 is 1.23. The second kappa shape index (κ2) is 7.32. The van der Waals surface area contributed by atoms with Crippen LogP contribution in [0.15, 0.2) is 0 Å². The minimum atomic E-state index is -0.784. The second-order valence-corrected chi connectivity index (χ2v) is 5.46. The van der Waals surface area contributed by atoms with Gasteiger partial charge in [0.05, 0.1) is 13.7 Å². The summed E-state index contributed by atoms with van der Waals surface area (Å²) in [6.07, 6.45) is 0. The Balaban J connectivity index is 2.92. The van der Waals surface area contributed by atoms with E-state index in [1.54, 1.807) is 0 Å². The van der Waals surface area contributed by atoms with Crippen molar-refractivity contribution in [1.29, 1.82) is 0 Å². The molecule has 1 amide bonds. The first kappa shape index (κ1) is 16.5. The third-order valence-corrected chi connectivity index (χ3v) is 3.74. The molecule has 0 saturated carbocycles. The topological polar surface area (TPSA) is 104 Å². The van der Waals surface area contributed by atoms with Crippen molar-refractivity contribution in [3.8, 4) is 0 Å². The summed E-state index contributed by atoms with van der Waals surface area (Å²) in [4.78, 5) is 28.3. The molecule has 8 heteroatoms.